The van der Waals surface area contributed by atoms with Crippen LogP contribution in [0.3, 0.4) is 0 Å². The third-order valence-electron chi connectivity index (χ3n) is 1.93. The minimum absolute atomic E-state index is 0.0311. The first-order valence-corrected chi connectivity index (χ1v) is 5.29. The van der Waals surface area contributed by atoms with E-state index < -0.39 is 0 Å². The zero-order chi connectivity index (χ0) is 11.5. The van der Waals surface area contributed by atoms with Crippen molar-refractivity contribution in [1.29, 1.82) is 0 Å². The van der Waals surface area contributed by atoms with Crippen molar-refractivity contribution in [1.82, 2.24) is 4.98 Å². The molecular weight excluding hydrogens is 212 g/mol. The lowest BCUT2D eigenvalue weighted by Crippen LogP contribution is -2.19. The summed E-state index contributed by atoms with van der Waals surface area (Å²) in [5.41, 5.74) is 1.80. The first-order valence-electron chi connectivity index (χ1n) is 4.91. The number of nitrogens with zero attached hydrogens (tertiary/aromatic N) is 1. The van der Waals surface area contributed by atoms with Gasteiger partial charge in [0.15, 0.2) is 0 Å². The lowest BCUT2D eigenvalue weighted by Gasteiger charge is -2.20. The molecule has 4 heteroatoms. The molecule has 15 heavy (non-hydrogen) atoms. The molecule has 0 aliphatic heterocycles. The molecule has 0 aliphatic rings. The van der Waals surface area contributed by atoms with E-state index in [4.69, 9.17) is 16.7 Å². The predicted octanol–water partition coefficient (Wildman–Crippen LogP) is 2.69. The van der Waals surface area contributed by atoms with Crippen LogP contribution in [0.25, 0.3) is 0 Å². The van der Waals surface area contributed by atoms with Crippen LogP contribution >= 0.6 is 11.6 Å². The Balaban J connectivity index is 2.79. The summed E-state index contributed by atoms with van der Waals surface area (Å²) in [6.45, 7) is 7.21. The molecule has 2 N–H and O–H groups in total. The summed E-state index contributed by atoms with van der Waals surface area (Å²) in [4.78, 5) is 3.92. The summed E-state index contributed by atoms with van der Waals surface area (Å²) in [6.07, 6.45) is 1.59. The SMILES string of the molecule is CC(C)(C)CNc1cc(Cl)ncc1CO. The van der Waals surface area contributed by atoms with Crippen molar-refractivity contribution in [2.75, 3.05) is 11.9 Å². The third kappa shape index (κ3) is 4.06. The molecule has 1 heterocycles. The summed E-state index contributed by atoms with van der Waals surface area (Å²) in [6, 6.07) is 1.73. The molecule has 1 rings (SSSR count). The van der Waals surface area contributed by atoms with Gasteiger partial charge in [0.25, 0.3) is 0 Å². The number of aromatic nitrogens is 1. The molecule has 84 valence electrons. The number of nitrogens with one attached hydrogen (secondary N) is 1. The van der Waals surface area contributed by atoms with Gasteiger partial charge in [-0.1, -0.05) is 32.4 Å². The van der Waals surface area contributed by atoms with Crippen LogP contribution in [0.1, 0.15) is 26.3 Å². The normalized spacial score (nSPS) is 11.5. The molecule has 0 unspecified atom stereocenters. The first kappa shape index (κ1) is 12.3. The largest absolute Gasteiger partial charge is 0.392 e. The summed E-state index contributed by atoms with van der Waals surface area (Å²) in [5, 5.41) is 12.8. The van der Waals surface area contributed by atoms with E-state index in [9.17, 15) is 0 Å². The van der Waals surface area contributed by atoms with Crippen molar-refractivity contribution in [3.8, 4) is 0 Å². The van der Waals surface area contributed by atoms with Crippen LogP contribution in [0.4, 0.5) is 5.69 Å². The van der Waals surface area contributed by atoms with Crippen LogP contribution in [-0.4, -0.2) is 16.6 Å². The average Bonchev–Trinajstić information content (AvgIpc) is 2.14. The molecule has 0 saturated heterocycles. The van der Waals surface area contributed by atoms with Gasteiger partial charge in [0.2, 0.25) is 0 Å². The van der Waals surface area contributed by atoms with E-state index in [-0.39, 0.29) is 12.0 Å². The van der Waals surface area contributed by atoms with Gasteiger partial charge in [0.1, 0.15) is 5.15 Å². The zero-order valence-electron chi connectivity index (χ0n) is 9.34. The molecule has 0 saturated carbocycles. The van der Waals surface area contributed by atoms with Gasteiger partial charge in [-0.05, 0) is 11.5 Å². The number of pyridine rings is 1. The number of aliphatic hydroxyl groups excluding tert-OH is 1. The summed E-state index contributed by atoms with van der Waals surface area (Å²) in [5.74, 6) is 0. The molecule has 1 aromatic rings. The van der Waals surface area contributed by atoms with Crippen molar-refractivity contribution >= 4 is 17.3 Å². The number of halogens is 1. The molecule has 0 aliphatic carbocycles. The van der Waals surface area contributed by atoms with Gasteiger partial charge in [-0.2, -0.15) is 0 Å². The highest BCUT2D eigenvalue weighted by atomic mass is 35.5. The lowest BCUT2D eigenvalue weighted by molar-refractivity contribution is 0.282. The van der Waals surface area contributed by atoms with E-state index in [1.165, 1.54) is 0 Å². The van der Waals surface area contributed by atoms with E-state index in [1.54, 1.807) is 12.3 Å². The third-order valence-corrected chi connectivity index (χ3v) is 2.14. The van der Waals surface area contributed by atoms with Crippen LogP contribution < -0.4 is 5.32 Å². The Bertz CT molecular complexity index is 334. The van der Waals surface area contributed by atoms with Gasteiger partial charge in [-0.15, -0.1) is 0 Å². The molecule has 0 radical (unpaired) electrons. The predicted molar refractivity (Wildman–Crippen MR) is 63.1 cm³/mol. The van der Waals surface area contributed by atoms with E-state index >= 15 is 0 Å². The highest BCUT2D eigenvalue weighted by molar-refractivity contribution is 6.29. The lowest BCUT2D eigenvalue weighted by atomic mass is 9.97. The number of hydrogen-bond acceptors (Lipinski definition) is 3. The Hall–Kier alpha value is -0.800. The second kappa shape index (κ2) is 4.81. The van der Waals surface area contributed by atoms with Gasteiger partial charge in [-0.3, -0.25) is 0 Å². The molecule has 0 bridgehead atoms. The fourth-order valence-corrected chi connectivity index (χ4v) is 1.27. The maximum absolute atomic E-state index is 9.12. The quantitative estimate of drug-likeness (QED) is 0.782. The van der Waals surface area contributed by atoms with Crippen molar-refractivity contribution in [2.45, 2.75) is 27.4 Å². The second-order valence-electron chi connectivity index (χ2n) is 4.74. The minimum atomic E-state index is -0.0311. The molecule has 0 atom stereocenters. The van der Waals surface area contributed by atoms with Crippen LogP contribution in [-0.2, 0) is 6.61 Å². The monoisotopic (exact) mass is 228 g/mol. The minimum Gasteiger partial charge on any atom is -0.392 e. The van der Waals surface area contributed by atoms with Gasteiger partial charge in [0, 0.05) is 24.0 Å². The Morgan fingerprint density at radius 1 is 1.47 bits per heavy atom. The van der Waals surface area contributed by atoms with Crippen molar-refractivity contribution < 1.29 is 5.11 Å². The van der Waals surface area contributed by atoms with Crippen LogP contribution in [0.2, 0.25) is 5.15 Å². The smallest absolute Gasteiger partial charge is 0.131 e. The fourth-order valence-electron chi connectivity index (χ4n) is 1.11. The second-order valence-corrected chi connectivity index (χ2v) is 5.12. The van der Waals surface area contributed by atoms with Gasteiger partial charge >= 0.3 is 0 Å². The van der Waals surface area contributed by atoms with Crippen LogP contribution in [0.15, 0.2) is 12.3 Å². The van der Waals surface area contributed by atoms with Crippen LogP contribution in [0.5, 0.6) is 0 Å². The van der Waals surface area contributed by atoms with Crippen molar-refractivity contribution in [3.63, 3.8) is 0 Å². The highest BCUT2D eigenvalue weighted by Crippen LogP contribution is 2.21. The highest BCUT2D eigenvalue weighted by Gasteiger charge is 2.11. The number of rotatable bonds is 3. The van der Waals surface area contributed by atoms with Crippen LogP contribution in [0, 0.1) is 5.41 Å². The van der Waals surface area contributed by atoms with Crippen molar-refractivity contribution in [3.05, 3.63) is 23.0 Å². The van der Waals surface area contributed by atoms with Gasteiger partial charge < -0.3 is 10.4 Å². The molecule has 0 spiro atoms. The molecule has 0 fully saturated rings. The summed E-state index contributed by atoms with van der Waals surface area (Å²) < 4.78 is 0. The topological polar surface area (TPSA) is 45.2 Å². The van der Waals surface area contributed by atoms with E-state index in [0.29, 0.717) is 5.15 Å². The molecule has 0 aromatic carbocycles. The maximum Gasteiger partial charge on any atom is 0.131 e. The van der Waals surface area contributed by atoms with E-state index in [2.05, 4.69) is 31.1 Å². The summed E-state index contributed by atoms with van der Waals surface area (Å²) in [7, 11) is 0. The Morgan fingerprint density at radius 2 is 2.13 bits per heavy atom. The number of anilines is 1. The standard InChI is InChI=1S/C11H17ClN2O/c1-11(2,3)7-14-9-4-10(12)13-5-8(9)6-15/h4-5,15H,6-7H2,1-3H3,(H,13,14). The maximum atomic E-state index is 9.12. The number of aliphatic hydroxyl groups is 1. The Labute approximate surface area is 95.5 Å². The molecular formula is C11H17ClN2O. The van der Waals surface area contributed by atoms with Gasteiger partial charge in [-0.25, -0.2) is 4.98 Å². The molecule has 0 amide bonds. The van der Waals surface area contributed by atoms with E-state index in [0.717, 1.165) is 17.8 Å². The number of hydrogen-bond donors (Lipinski definition) is 2. The summed E-state index contributed by atoms with van der Waals surface area (Å²) >= 11 is 5.79. The van der Waals surface area contributed by atoms with E-state index in [1.807, 2.05) is 0 Å². The fraction of sp³-hybridized carbons (Fsp3) is 0.545. The molecule has 3 nitrogen and oxygen atoms in total. The Kier molecular flexibility index (Phi) is 3.94. The zero-order valence-corrected chi connectivity index (χ0v) is 10.1. The average molecular weight is 229 g/mol. The molecule has 1 aromatic heterocycles. The first-order chi connectivity index (χ1) is 6.92. The van der Waals surface area contributed by atoms with Crippen molar-refractivity contribution in [2.24, 2.45) is 5.41 Å². The Morgan fingerprint density at radius 3 is 2.67 bits per heavy atom. The van der Waals surface area contributed by atoms with Gasteiger partial charge in [0.05, 0.1) is 6.61 Å².